The summed E-state index contributed by atoms with van der Waals surface area (Å²) in [6.45, 7) is 19.5. The molecule has 0 radical (unpaired) electrons. The Balaban J connectivity index is 1.75. The maximum Gasteiger partial charge on any atom is 0.118 e. The summed E-state index contributed by atoms with van der Waals surface area (Å²) in [7, 11) is 0. The Morgan fingerprint density at radius 1 is 1.06 bits per heavy atom. The van der Waals surface area contributed by atoms with Gasteiger partial charge in [-0.25, -0.2) is 0 Å². The van der Waals surface area contributed by atoms with Crippen molar-refractivity contribution in [3.8, 4) is 0 Å². The van der Waals surface area contributed by atoms with E-state index in [4.69, 9.17) is 4.74 Å². The first-order valence-corrected chi connectivity index (χ1v) is 13.2. The molecule has 0 aromatic carbocycles. The smallest absolute Gasteiger partial charge is 0.118 e. The molecule has 2 nitrogen and oxygen atoms in total. The van der Waals surface area contributed by atoms with Crippen molar-refractivity contribution >= 4 is 0 Å². The summed E-state index contributed by atoms with van der Waals surface area (Å²) in [5.74, 6) is 4.86. The third kappa shape index (κ3) is 8.60. The summed E-state index contributed by atoms with van der Waals surface area (Å²) in [6, 6.07) is 0. The van der Waals surface area contributed by atoms with E-state index in [1.165, 1.54) is 37.7 Å². The van der Waals surface area contributed by atoms with Crippen molar-refractivity contribution in [2.75, 3.05) is 0 Å². The fraction of sp³-hybridized carbons (Fsp3) is 0.862. The van der Waals surface area contributed by atoms with Crippen molar-refractivity contribution in [1.29, 1.82) is 0 Å². The van der Waals surface area contributed by atoms with Gasteiger partial charge >= 0.3 is 0 Å². The Labute approximate surface area is 193 Å². The van der Waals surface area contributed by atoms with Crippen LogP contribution in [0.2, 0.25) is 0 Å². The van der Waals surface area contributed by atoms with E-state index < -0.39 is 0 Å². The lowest BCUT2D eigenvalue weighted by Crippen LogP contribution is -2.27. The highest BCUT2D eigenvalue weighted by atomic mass is 16.5. The summed E-state index contributed by atoms with van der Waals surface area (Å²) in [5, 5.41) is 9.81. The molecule has 2 rings (SSSR count). The average Bonchev–Trinajstić information content (AvgIpc) is 2.67. The van der Waals surface area contributed by atoms with Gasteiger partial charge < -0.3 is 9.84 Å². The first-order chi connectivity index (χ1) is 14.5. The minimum atomic E-state index is -0.317. The predicted octanol–water partition coefficient (Wildman–Crippen LogP) is 8.31. The second kappa shape index (κ2) is 11.9. The molecule has 31 heavy (non-hydrogen) atoms. The number of ether oxygens (including phenoxy) is 1. The lowest BCUT2D eigenvalue weighted by molar-refractivity contribution is 0.0675. The van der Waals surface area contributed by atoms with E-state index in [0.29, 0.717) is 17.4 Å². The van der Waals surface area contributed by atoms with Crippen molar-refractivity contribution in [1.82, 2.24) is 0 Å². The van der Waals surface area contributed by atoms with Crippen LogP contribution in [-0.2, 0) is 4.74 Å². The lowest BCUT2D eigenvalue weighted by atomic mass is 9.70. The van der Waals surface area contributed by atoms with E-state index in [-0.39, 0.29) is 6.10 Å². The first-order valence-electron chi connectivity index (χ1n) is 13.2. The maximum atomic E-state index is 9.81. The second-order valence-corrected chi connectivity index (χ2v) is 12.3. The highest BCUT2D eigenvalue weighted by molar-refractivity contribution is 5.28. The number of hydrogen-bond donors (Lipinski definition) is 1. The third-order valence-corrected chi connectivity index (χ3v) is 8.41. The van der Waals surface area contributed by atoms with Crippen molar-refractivity contribution in [3.63, 3.8) is 0 Å². The van der Waals surface area contributed by atoms with Crippen LogP contribution in [0.15, 0.2) is 23.5 Å². The zero-order chi connectivity index (χ0) is 23.2. The summed E-state index contributed by atoms with van der Waals surface area (Å²) in [5.41, 5.74) is 1.75. The van der Waals surface area contributed by atoms with Crippen LogP contribution in [0.5, 0.6) is 0 Å². The van der Waals surface area contributed by atoms with Gasteiger partial charge in [-0.2, -0.15) is 0 Å². The van der Waals surface area contributed by atoms with E-state index in [1.54, 1.807) is 0 Å². The fourth-order valence-corrected chi connectivity index (χ4v) is 5.56. The highest BCUT2D eigenvalue weighted by Gasteiger charge is 2.30. The quantitative estimate of drug-likeness (QED) is 0.336. The standard InChI is InChI=1S/C29H52O2/c1-20(2)10-9-15-29(7,8)24(6)18-23(5)22(4)16-21(3)17-27-13-11-25-19-26(30)12-14-28(25)31-27/h12,14,20-24,26-27,30H,9-11,13,15-19H2,1-8H3. The van der Waals surface area contributed by atoms with Crippen LogP contribution in [0.25, 0.3) is 0 Å². The van der Waals surface area contributed by atoms with Crippen LogP contribution in [0.1, 0.15) is 113 Å². The molecule has 0 aromatic rings. The number of rotatable bonds is 12. The molecule has 1 aliphatic heterocycles. The van der Waals surface area contributed by atoms with Crippen LogP contribution in [0.4, 0.5) is 0 Å². The summed E-state index contributed by atoms with van der Waals surface area (Å²) in [6.07, 6.45) is 14.7. The summed E-state index contributed by atoms with van der Waals surface area (Å²) >= 11 is 0. The molecule has 0 saturated carbocycles. The van der Waals surface area contributed by atoms with Gasteiger partial charge in [0.05, 0.1) is 12.2 Å². The molecule has 0 fully saturated rings. The van der Waals surface area contributed by atoms with Gasteiger partial charge in [0.2, 0.25) is 0 Å². The molecule has 0 amide bonds. The molecule has 0 bridgehead atoms. The van der Waals surface area contributed by atoms with Crippen LogP contribution >= 0.6 is 0 Å². The van der Waals surface area contributed by atoms with Gasteiger partial charge in [0.15, 0.2) is 0 Å². The molecule has 0 saturated heterocycles. The van der Waals surface area contributed by atoms with E-state index in [9.17, 15) is 5.11 Å². The van der Waals surface area contributed by atoms with Gasteiger partial charge in [-0.15, -0.1) is 0 Å². The van der Waals surface area contributed by atoms with Gasteiger partial charge in [0, 0.05) is 6.42 Å². The Morgan fingerprint density at radius 2 is 1.74 bits per heavy atom. The molecule has 180 valence electrons. The van der Waals surface area contributed by atoms with E-state index >= 15 is 0 Å². The van der Waals surface area contributed by atoms with Crippen molar-refractivity contribution < 1.29 is 9.84 Å². The number of allylic oxidation sites excluding steroid dienone is 1. The van der Waals surface area contributed by atoms with Crippen LogP contribution in [-0.4, -0.2) is 17.3 Å². The lowest BCUT2D eigenvalue weighted by Gasteiger charge is -2.36. The van der Waals surface area contributed by atoms with E-state index in [0.717, 1.165) is 55.1 Å². The molecule has 6 unspecified atom stereocenters. The first kappa shape index (κ1) is 26.5. The molecular formula is C29H52O2. The molecule has 1 N–H and O–H groups in total. The Bertz CT molecular complexity index is 600. The van der Waals surface area contributed by atoms with Gasteiger partial charge in [-0.3, -0.25) is 0 Å². The molecule has 2 heteroatoms. The molecule has 1 heterocycles. The predicted molar refractivity (Wildman–Crippen MR) is 134 cm³/mol. The van der Waals surface area contributed by atoms with Gasteiger partial charge in [-0.05, 0) is 85.2 Å². The molecule has 6 atom stereocenters. The minimum absolute atomic E-state index is 0.317. The van der Waals surface area contributed by atoms with Gasteiger partial charge in [-0.1, -0.05) is 74.3 Å². The van der Waals surface area contributed by atoms with Crippen molar-refractivity contribution in [2.45, 2.75) is 125 Å². The van der Waals surface area contributed by atoms with Crippen LogP contribution in [0, 0.1) is 35.0 Å². The largest absolute Gasteiger partial charge is 0.490 e. The zero-order valence-corrected chi connectivity index (χ0v) is 21.9. The SMILES string of the molecule is CC(C)CCCC(C)(C)C(C)CC(C)C(C)CC(C)CC1CCC2=C(C=CC(O)C2)O1. The van der Waals surface area contributed by atoms with Gasteiger partial charge in [0.25, 0.3) is 0 Å². The van der Waals surface area contributed by atoms with Crippen LogP contribution in [0.3, 0.4) is 0 Å². The minimum Gasteiger partial charge on any atom is -0.490 e. The zero-order valence-electron chi connectivity index (χ0n) is 21.9. The Hall–Kier alpha value is -0.760. The number of aliphatic hydroxyl groups excluding tert-OH is 1. The normalized spacial score (nSPS) is 25.7. The number of hydrogen-bond acceptors (Lipinski definition) is 2. The Morgan fingerprint density at radius 3 is 2.42 bits per heavy atom. The van der Waals surface area contributed by atoms with Gasteiger partial charge in [0.1, 0.15) is 5.76 Å². The average molecular weight is 433 g/mol. The molecule has 2 aliphatic rings. The molecule has 1 aliphatic carbocycles. The second-order valence-electron chi connectivity index (χ2n) is 12.3. The third-order valence-electron chi connectivity index (χ3n) is 8.41. The topological polar surface area (TPSA) is 29.5 Å². The fourth-order valence-electron chi connectivity index (χ4n) is 5.56. The Kier molecular flexibility index (Phi) is 10.2. The highest BCUT2D eigenvalue weighted by Crippen LogP contribution is 2.39. The van der Waals surface area contributed by atoms with E-state index in [2.05, 4.69) is 55.4 Å². The summed E-state index contributed by atoms with van der Waals surface area (Å²) in [4.78, 5) is 0. The summed E-state index contributed by atoms with van der Waals surface area (Å²) < 4.78 is 6.30. The molecule has 0 aromatic heterocycles. The van der Waals surface area contributed by atoms with Crippen molar-refractivity contribution in [2.24, 2.45) is 35.0 Å². The van der Waals surface area contributed by atoms with E-state index in [1.807, 2.05) is 12.2 Å². The monoisotopic (exact) mass is 432 g/mol. The van der Waals surface area contributed by atoms with Crippen LogP contribution < -0.4 is 0 Å². The molecular weight excluding hydrogens is 380 g/mol. The molecule has 0 spiro atoms. The van der Waals surface area contributed by atoms with Crippen molar-refractivity contribution in [3.05, 3.63) is 23.5 Å². The maximum absolute atomic E-state index is 9.81. The number of aliphatic hydroxyl groups is 1.